The van der Waals surface area contributed by atoms with E-state index in [0.29, 0.717) is 19.8 Å². The predicted molar refractivity (Wildman–Crippen MR) is 83.4 cm³/mol. The number of benzene rings is 1. The van der Waals surface area contributed by atoms with Crippen LogP contribution < -0.4 is 0 Å². The van der Waals surface area contributed by atoms with Gasteiger partial charge < -0.3 is 0 Å². The fraction of sp³-hybridized carbons (Fsp3) is 0.533. The van der Waals surface area contributed by atoms with Crippen LogP contribution in [0, 0.1) is 0 Å². The van der Waals surface area contributed by atoms with Crippen molar-refractivity contribution in [3.8, 4) is 0 Å². The summed E-state index contributed by atoms with van der Waals surface area (Å²) in [7, 11) is 0.417. The first-order valence-corrected chi connectivity index (χ1v) is 7.63. The molecule has 1 radical (unpaired) electrons. The molecule has 1 nitrogen and oxygen atoms in total. The summed E-state index contributed by atoms with van der Waals surface area (Å²) in [6, 6.07) is 6.25. The van der Waals surface area contributed by atoms with Crippen molar-refractivity contribution in [2.24, 2.45) is 0 Å². The molecule has 0 bridgehead atoms. The Morgan fingerprint density at radius 1 is 1.17 bits per heavy atom. The van der Waals surface area contributed by atoms with Crippen LogP contribution in [0.25, 0.3) is 0 Å². The van der Waals surface area contributed by atoms with Gasteiger partial charge in [0.15, 0.2) is 5.52 Å². The van der Waals surface area contributed by atoms with E-state index in [1.54, 1.807) is 0 Å². The molecule has 0 N–H and O–H groups in total. The monoisotopic (exact) mass is 257 g/mol. The van der Waals surface area contributed by atoms with E-state index >= 15 is 0 Å². The summed E-state index contributed by atoms with van der Waals surface area (Å²) >= 11 is 0. The van der Waals surface area contributed by atoms with Crippen molar-refractivity contribution in [3.05, 3.63) is 34.9 Å². The maximum atomic E-state index is 12.4. The average molecular weight is 257 g/mol. The van der Waals surface area contributed by atoms with Crippen LogP contribution in [0.3, 0.4) is 0 Å². The third kappa shape index (κ3) is 4.54. The third-order valence-electron chi connectivity index (χ3n) is 3.22. The molecular formula is C15H23LiOP. The van der Waals surface area contributed by atoms with Crippen molar-refractivity contribution >= 4 is 33.0 Å². The minimum Gasteiger partial charge on any atom is -0.289 e. The van der Waals surface area contributed by atoms with E-state index in [1.807, 2.05) is 0 Å². The molecule has 0 amide bonds. The first-order valence-electron chi connectivity index (χ1n) is 6.55. The van der Waals surface area contributed by atoms with Crippen molar-refractivity contribution in [1.29, 1.82) is 0 Å². The fourth-order valence-corrected chi connectivity index (χ4v) is 3.05. The minimum absolute atomic E-state index is 0. The first kappa shape index (κ1) is 17.9. The Balaban J connectivity index is 0.00000289. The van der Waals surface area contributed by atoms with Crippen molar-refractivity contribution in [1.82, 2.24) is 0 Å². The quantitative estimate of drug-likeness (QED) is 0.555. The summed E-state index contributed by atoms with van der Waals surface area (Å²) in [5.74, 6) is 0. The Morgan fingerprint density at radius 2 is 1.67 bits per heavy atom. The van der Waals surface area contributed by atoms with Crippen LogP contribution in [0.2, 0.25) is 0 Å². The zero-order valence-electron chi connectivity index (χ0n) is 12.3. The Bertz CT molecular complexity index is 368. The van der Waals surface area contributed by atoms with Gasteiger partial charge in [-0.1, -0.05) is 45.9 Å². The molecule has 1 rings (SSSR count). The number of aryl methyl sites for hydroxylation is 2. The molecule has 2 atom stereocenters. The summed E-state index contributed by atoms with van der Waals surface area (Å²) in [5.41, 5.74) is 4.30. The van der Waals surface area contributed by atoms with Crippen LogP contribution in [0.5, 0.6) is 0 Å². The average Bonchev–Trinajstić information content (AvgIpc) is 2.37. The summed E-state index contributed by atoms with van der Waals surface area (Å²) in [5, 5.41) is 0. The second-order valence-electron chi connectivity index (χ2n) is 4.44. The van der Waals surface area contributed by atoms with Gasteiger partial charge in [-0.05, 0) is 44.6 Å². The van der Waals surface area contributed by atoms with E-state index in [0.717, 1.165) is 24.8 Å². The molecule has 0 aliphatic heterocycles. The van der Waals surface area contributed by atoms with Crippen LogP contribution in [-0.2, 0) is 12.8 Å². The van der Waals surface area contributed by atoms with E-state index < -0.39 is 0 Å². The van der Waals surface area contributed by atoms with E-state index in [2.05, 4.69) is 45.9 Å². The number of hydrogen-bond acceptors (Lipinski definition) is 1. The molecule has 0 aromatic heterocycles. The van der Waals surface area contributed by atoms with Crippen LogP contribution in [0.4, 0.5) is 0 Å². The van der Waals surface area contributed by atoms with E-state index in [1.165, 1.54) is 11.1 Å². The molecule has 0 saturated carbocycles. The van der Waals surface area contributed by atoms with Crippen molar-refractivity contribution in [2.45, 2.75) is 52.6 Å². The minimum atomic E-state index is 0. The zero-order chi connectivity index (χ0) is 12.8. The zero-order valence-corrected chi connectivity index (χ0v) is 13.3. The van der Waals surface area contributed by atoms with Crippen LogP contribution in [-0.4, -0.2) is 30.0 Å². The molecule has 2 unspecified atom stereocenters. The Morgan fingerprint density at radius 3 is 2.06 bits per heavy atom. The van der Waals surface area contributed by atoms with E-state index in [-0.39, 0.29) is 18.9 Å². The predicted octanol–water partition coefficient (Wildman–Crippen LogP) is 4.05. The fourth-order valence-electron chi connectivity index (χ4n) is 1.93. The number of carbonyl (C=O) groups is 1. The van der Waals surface area contributed by atoms with Crippen molar-refractivity contribution < 1.29 is 4.79 Å². The molecule has 0 saturated heterocycles. The number of hydrogen-bond donors (Lipinski definition) is 0. The molecule has 0 fully saturated rings. The van der Waals surface area contributed by atoms with Gasteiger partial charge >= 0.3 is 0 Å². The molecule has 0 aliphatic carbocycles. The SMILES string of the molecule is CCc1cccc(CC)c1C(=O)PC(C)CC.[Li]. The molecule has 18 heavy (non-hydrogen) atoms. The van der Waals surface area contributed by atoms with Gasteiger partial charge in [0.05, 0.1) is 0 Å². The van der Waals surface area contributed by atoms with Gasteiger partial charge in [-0.2, -0.15) is 0 Å². The van der Waals surface area contributed by atoms with E-state index in [9.17, 15) is 4.79 Å². The van der Waals surface area contributed by atoms with Gasteiger partial charge in [0.1, 0.15) is 0 Å². The van der Waals surface area contributed by atoms with Crippen LogP contribution >= 0.6 is 8.58 Å². The topological polar surface area (TPSA) is 17.1 Å². The summed E-state index contributed by atoms with van der Waals surface area (Å²) in [4.78, 5) is 12.4. The summed E-state index contributed by atoms with van der Waals surface area (Å²) in [6.45, 7) is 8.56. The van der Waals surface area contributed by atoms with Crippen LogP contribution in [0.15, 0.2) is 18.2 Å². The first-order chi connectivity index (χ1) is 8.13. The Hall–Kier alpha value is -0.0826. The molecule has 1 aromatic carbocycles. The number of carbonyl (C=O) groups excluding carboxylic acids is 1. The Kier molecular flexibility index (Phi) is 8.88. The molecule has 0 spiro atoms. The van der Waals surface area contributed by atoms with Gasteiger partial charge in [0, 0.05) is 24.4 Å². The normalized spacial score (nSPS) is 12.4. The van der Waals surface area contributed by atoms with Crippen molar-refractivity contribution in [2.75, 3.05) is 0 Å². The maximum Gasteiger partial charge on any atom is 0.181 e. The summed E-state index contributed by atoms with van der Waals surface area (Å²) in [6.07, 6.45) is 2.97. The Labute approximate surface area is 125 Å². The smallest absolute Gasteiger partial charge is 0.181 e. The van der Waals surface area contributed by atoms with E-state index in [4.69, 9.17) is 0 Å². The van der Waals surface area contributed by atoms with Gasteiger partial charge in [-0.3, -0.25) is 4.79 Å². The maximum absolute atomic E-state index is 12.4. The number of rotatable bonds is 6. The van der Waals surface area contributed by atoms with Gasteiger partial charge in [-0.15, -0.1) is 0 Å². The second kappa shape index (κ2) is 8.92. The molecule has 0 aliphatic rings. The van der Waals surface area contributed by atoms with Gasteiger partial charge in [-0.25, -0.2) is 0 Å². The molecule has 1 aromatic rings. The molecule has 0 heterocycles. The third-order valence-corrected chi connectivity index (χ3v) is 4.63. The second-order valence-corrected chi connectivity index (χ2v) is 6.17. The molecule has 95 valence electrons. The van der Waals surface area contributed by atoms with Gasteiger partial charge in [0.2, 0.25) is 0 Å². The van der Waals surface area contributed by atoms with Crippen LogP contribution in [0.1, 0.15) is 55.6 Å². The standard InChI is InChI=1S/C15H23OP.Li/c1-5-11(4)17-15(16)14-12(6-2)9-8-10-13(14)7-3;/h8-11,17H,5-7H2,1-4H3;. The van der Waals surface area contributed by atoms with Gasteiger partial charge in [0.25, 0.3) is 0 Å². The summed E-state index contributed by atoms with van der Waals surface area (Å²) < 4.78 is 0. The molecule has 3 heteroatoms. The van der Waals surface area contributed by atoms with Crippen molar-refractivity contribution in [3.63, 3.8) is 0 Å². The molecular weight excluding hydrogens is 234 g/mol. The largest absolute Gasteiger partial charge is 0.289 e.